The molecule has 0 aliphatic rings. The number of hydrogen-bond donors (Lipinski definition) is 0. The third-order valence-corrected chi connectivity index (χ3v) is 5.82. The van der Waals surface area contributed by atoms with Gasteiger partial charge in [-0.1, -0.05) is 53.2 Å². The van der Waals surface area contributed by atoms with E-state index >= 15 is 0 Å². The second kappa shape index (κ2) is 8.13. The number of benzene rings is 3. The maximum Gasteiger partial charge on any atom is 0.266 e. The minimum atomic E-state index is -0.0419. The van der Waals surface area contributed by atoms with Gasteiger partial charge in [-0.15, -0.1) is 0 Å². The van der Waals surface area contributed by atoms with E-state index in [0.717, 1.165) is 33.6 Å². The fourth-order valence-corrected chi connectivity index (χ4v) is 4.14. The second-order valence-corrected chi connectivity index (χ2v) is 7.97. The first-order valence-corrected chi connectivity index (χ1v) is 10.4. The van der Waals surface area contributed by atoms with Crippen molar-refractivity contribution in [1.29, 1.82) is 0 Å². The van der Waals surface area contributed by atoms with Gasteiger partial charge in [0.1, 0.15) is 5.75 Å². The zero-order valence-electron chi connectivity index (χ0n) is 16.7. The summed E-state index contributed by atoms with van der Waals surface area (Å²) in [4.78, 5) is 18.2. The van der Waals surface area contributed by atoms with Crippen LogP contribution in [0.1, 0.15) is 16.7 Å². The smallest absolute Gasteiger partial charge is 0.266 e. The number of thioether (sulfide) groups is 1. The summed E-state index contributed by atoms with van der Waals surface area (Å²) in [5.74, 6) is 1.54. The first kappa shape index (κ1) is 19.3. The lowest BCUT2D eigenvalue weighted by Crippen LogP contribution is -2.21. The molecule has 0 radical (unpaired) electrons. The van der Waals surface area contributed by atoms with Gasteiger partial charge in [0.25, 0.3) is 5.56 Å². The molecule has 4 rings (SSSR count). The summed E-state index contributed by atoms with van der Waals surface area (Å²) >= 11 is 1.56. The zero-order valence-corrected chi connectivity index (χ0v) is 17.5. The molecule has 0 unspecified atom stereocenters. The Kier molecular flexibility index (Phi) is 5.41. The summed E-state index contributed by atoms with van der Waals surface area (Å²) in [6, 6.07) is 21.7. The summed E-state index contributed by atoms with van der Waals surface area (Å²) in [6.45, 7) is 4.02. The summed E-state index contributed by atoms with van der Waals surface area (Å²) in [7, 11) is 1.66. The standard InChI is InChI=1S/C24H22N2O2S/c1-16-4-9-19(10-5-16)26-23(27)21-14-17(2)6-13-22(21)25-24(26)29-15-18-7-11-20(28-3)12-8-18/h4-14H,15H2,1-3H3. The van der Waals surface area contributed by atoms with Crippen LogP contribution in [0.5, 0.6) is 5.75 Å². The van der Waals surface area contributed by atoms with Crippen molar-refractivity contribution in [2.45, 2.75) is 24.8 Å². The topological polar surface area (TPSA) is 44.1 Å². The van der Waals surface area contributed by atoms with Gasteiger partial charge in [-0.05, 0) is 55.8 Å². The lowest BCUT2D eigenvalue weighted by atomic mass is 10.1. The zero-order chi connectivity index (χ0) is 20.4. The van der Waals surface area contributed by atoms with Crippen LogP contribution < -0.4 is 10.3 Å². The van der Waals surface area contributed by atoms with Crippen molar-refractivity contribution in [2.75, 3.05) is 7.11 Å². The molecule has 1 aromatic heterocycles. The molecule has 4 aromatic rings. The molecule has 3 aromatic carbocycles. The number of aryl methyl sites for hydroxylation is 2. The van der Waals surface area contributed by atoms with Crippen LogP contribution in [0.15, 0.2) is 76.7 Å². The van der Waals surface area contributed by atoms with Crippen LogP contribution in [0.25, 0.3) is 16.6 Å². The highest BCUT2D eigenvalue weighted by atomic mass is 32.2. The van der Waals surface area contributed by atoms with Crippen molar-refractivity contribution >= 4 is 22.7 Å². The van der Waals surface area contributed by atoms with Gasteiger partial charge >= 0.3 is 0 Å². The minimum absolute atomic E-state index is 0.0419. The summed E-state index contributed by atoms with van der Waals surface area (Å²) in [5, 5.41) is 1.32. The van der Waals surface area contributed by atoms with Gasteiger partial charge in [-0.25, -0.2) is 4.98 Å². The average molecular weight is 403 g/mol. The van der Waals surface area contributed by atoms with Gasteiger partial charge in [0, 0.05) is 5.75 Å². The first-order chi connectivity index (χ1) is 14.0. The molecule has 5 heteroatoms. The molecule has 0 aliphatic carbocycles. The van der Waals surface area contributed by atoms with Gasteiger partial charge < -0.3 is 4.74 Å². The number of nitrogens with zero attached hydrogens (tertiary/aromatic N) is 2. The van der Waals surface area contributed by atoms with E-state index in [1.165, 1.54) is 0 Å². The lowest BCUT2D eigenvalue weighted by molar-refractivity contribution is 0.414. The molecule has 0 bridgehead atoms. The predicted octanol–water partition coefficient (Wildman–Crippen LogP) is 5.30. The minimum Gasteiger partial charge on any atom is -0.497 e. The highest BCUT2D eigenvalue weighted by Gasteiger charge is 2.14. The van der Waals surface area contributed by atoms with E-state index in [0.29, 0.717) is 16.3 Å². The molecule has 0 saturated heterocycles. The molecule has 0 saturated carbocycles. The molecule has 29 heavy (non-hydrogen) atoms. The van der Waals surface area contributed by atoms with E-state index < -0.39 is 0 Å². The van der Waals surface area contributed by atoms with Gasteiger partial charge in [-0.2, -0.15) is 0 Å². The third-order valence-electron chi connectivity index (χ3n) is 4.81. The Morgan fingerprint density at radius 1 is 0.931 bits per heavy atom. The maximum atomic E-state index is 13.4. The van der Waals surface area contributed by atoms with Crippen molar-refractivity contribution in [3.63, 3.8) is 0 Å². The summed E-state index contributed by atoms with van der Waals surface area (Å²) < 4.78 is 6.95. The number of fused-ring (bicyclic) bond motifs is 1. The molecular formula is C24H22N2O2S. The molecule has 0 fully saturated rings. The fraction of sp³-hybridized carbons (Fsp3) is 0.167. The normalized spacial score (nSPS) is 11.0. The third kappa shape index (κ3) is 4.05. The van der Waals surface area contributed by atoms with Crippen molar-refractivity contribution in [3.8, 4) is 11.4 Å². The van der Waals surface area contributed by atoms with E-state index in [4.69, 9.17) is 9.72 Å². The summed E-state index contributed by atoms with van der Waals surface area (Å²) in [5.41, 5.74) is 4.85. The van der Waals surface area contributed by atoms with E-state index in [2.05, 4.69) is 0 Å². The molecule has 1 heterocycles. The number of rotatable bonds is 5. The number of methoxy groups -OCH3 is 1. The number of hydrogen-bond acceptors (Lipinski definition) is 4. The Labute approximate surface area is 174 Å². The SMILES string of the molecule is COc1ccc(CSc2nc3ccc(C)cc3c(=O)n2-c2ccc(C)cc2)cc1. The monoisotopic (exact) mass is 402 g/mol. The predicted molar refractivity (Wildman–Crippen MR) is 119 cm³/mol. The van der Waals surface area contributed by atoms with Crippen LogP contribution in [-0.4, -0.2) is 16.7 Å². The first-order valence-electron chi connectivity index (χ1n) is 9.41. The van der Waals surface area contributed by atoms with Crippen LogP contribution in [-0.2, 0) is 5.75 Å². The van der Waals surface area contributed by atoms with Crippen molar-refractivity contribution in [2.24, 2.45) is 0 Å². The van der Waals surface area contributed by atoms with Crippen molar-refractivity contribution in [1.82, 2.24) is 9.55 Å². The van der Waals surface area contributed by atoms with E-state index in [9.17, 15) is 4.79 Å². The molecule has 4 nitrogen and oxygen atoms in total. The molecule has 0 spiro atoms. The van der Waals surface area contributed by atoms with Gasteiger partial charge in [0.15, 0.2) is 5.16 Å². The Bertz CT molecular complexity index is 1210. The van der Waals surface area contributed by atoms with E-state index in [1.54, 1.807) is 23.4 Å². The van der Waals surface area contributed by atoms with Gasteiger partial charge in [0.05, 0.1) is 23.7 Å². The van der Waals surface area contributed by atoms with Crippen LogP contribution in [0.4, 0.5) is 0 Å². The molecule has 0 N–H and O–H groups in total. The van der Waals surface area contributed by atoms with Gasteiger partial charge in [0.2, 0.25) is 0 Å². The largest absolute Gasteiger partial charge is 0.497 e. The molecule has 0 amide bonds. The molecular weight excluding hydrogens is 380 g/mol. The van der Waals surface area contributed by atoms with Crippen molar-refractivity contribution < 1.29 is 4.74 Å². The molecule has 0 aliphatic heterocycles. The van der Waals surface area contributed by atoms with E-state index in [-0.39, 0.29) is 5.56 Å². The Balaban J connectivity index is 1.80. The quantitative estimate of drug-likeness (QED) is 0.335. The lowest BCUT2D eigenvalue weighted by Gasteiger charge is -2.14. The maximum absolute atomic E-state index is 13.4. The number of aromatic nitrogens is 2. The highest BCUT2D eigenvalue weighted by Crippen LogP contribution is 2.26. The Morgan fingerprint density at radius 3 is 2.31 bits per heavy atom. The van der Waals surface area contributed by atoms with Gasteiger partial charge in [-0.3, -0.25) is 9.36 Å². The Hall–Kier alpha value is -3.05. The van der Waals surface area contributed by atoms with Crippen LogP contribution >= 0.6 is 11.8 Å². The highest BCUT2D eigenvalue weighted by molar-refractivity contribution is 7.98. The summed E-state index contributed by atoms with van der Waals surface area (Å²) in [6.07, 6.45) is 0. The van der Waals surface area contributed by atoms with Crippen molar-refractivity contribution in [3.05, 3.63) is 93.8 Å². The molecule has 146 valence electrons. The van der Waals surface area contributed by atoms with Crippen LogP contribution in [0.3, 0.4) is 0 Å². The van der Waals surface area contributed by atoms with Crippen LogP contribution in [0.2, 0.25) is 0 Å². The fourth-order valence-electron chi connectivity index (χ4n) is 3.17. The Morgan fingerprint density at radius 2 is 1.62 bits per heavy atom. The number of ether oxygens (including phenoxy) is 1. The van der Waals surface area contributed by atoms with Crippen LogP contribution in [0, 0.1) is 13.8 Å². The molecule has 0 atom stereocenters. The van der Waals surface area contributed by atoms with E-state index in [1.807, 2.05) is 80.6 Å². The second-order valence-electron chi connectivity index (χ2n) is 7.03. The average Bonchev–Trinajstić information content (AvgIpc) is 2.74.